The molecule has 6 rings (SSSR count). The van der Waals surface area contributed by atoms with Crippen molar-refractivity contribution in [3.8, 4) is 22.5 Å². The summed E-state index contributed by atoms with van der Waals surface area (Å²) in [6.07, 6.45) is 4.43. The molecule has 0 aliphatic heterocycles. The molecule has 2 aromatic heterocycles. The van der Waals surface area contributed by atoms with Crippen molar-refractivity contribution < 1.29 is 18.1 Å². The molecule has 0 N–H and O–H groups in total. The molecule has 2 heterocycles. The molecule has 39 heavy (non-hydrogen) atoms. The number of hydrogen-bond acceptors (Lipinski definition) is 5. The summed E-state index contributed by atoms with van der Waals surface area (Å²) >= 11 is 0. The molecule has 0 bridgehead atoms. The molecule has 1 fully saturated rings. The number of benzene rings is 3. The fourth-order valence-corrected chi connectivity index (χ4v) is 5.63. The maximum absolute atomic E-state index is 13.6. The highest BCUT2D eigenvalue weighted by atomic mass is 19.1. The molecule has 0 unspecified atom stereocenters. The second-order valence-electron chi connectivity index (χ2n) is 10.8. The van der Waals surface area contributed by atoms with E-state index in [0.29, 0.717) is 34.8 Å². The van der Waals surface area contributed by atoms with Crippen LogP contribution in [-0.4, -0.2) is 15.9 Å². The van der Waals surface area contributed by atoms with Gasteiger partial charge >= 0.3 is 0 Å². The van der Waals surface area contributed by atoms with Crippen LogP contribution in [0.2, 0.25) is 0 Å². The van der Waals surface area contributed by atoms with E-state index in [1.165, 1.54) is 28.8 Å². The van der Waals surface area contributed by atoms with Crippen molar-refractivity contribution in [1.29, 1.82) is 0 Å². The number of ketones is 1. The number of aryl methyl sites for hydroxylation is 4. The van der Waals surface area contributed by atoms with E-state index in [-0.39, 0.29) is 17.0 Å². The largest absolute Gasteiger partial charge is 0.455 e. The van der Waals surface area contributed by atoms with E-state index in [1.54, 1.807) is 12.1 Å². The van der Waals surface area contributed by atoms with Gasteiger partial charge in [-0.1, -0.05) is 30.3 Å². The number of carbonyl (C=O) groups is 1. The van der Waals surface area contributed by atoms with E-state index in [4.69, 9.17) is 8.94 Å². The lowest BCUT2D eigenvalue weighted by atomic mass is 9.89. The van der Waals surface area contributed by atoms with Crippen molar-refractivity contribution >= 4 is 16.8 Å². The van der Waals surface area contributed by atoms with Gasteiger partial charge in [0.25, 0.3) is 0 Å². The van der Waals surface area contributed by atoms with E-state index >= 15 is 0 Å². The summed E-state index contributed by atoms with van der Waals surface area (Å²) < 4.78 is 25.0. The fourth-order valence-electron chi connectivity index (χ4n) is 5.63. The molecule has 6 heteroatoms. The second kappa shape index (κ2) is 9.60. The van der Waals surface area contributed by atoms with E-state index in [2.05, 4.69) is 42.2 Å². The Labute approximate surface area is 227 Å². The van der Waals surface area contributed by atoms with Crippen molar-refractivity contribution in [2.24, 2.45) is 0 Å². The van der Waals surface area contributed by atoms with Gasteiger partial charge in [-0.05, 0) is 104 Å². The van der Waals surface area contributed by atoms with Gasteiger partial charge in [0.1, 0.15) is 17.2 Å². The SMILES string of the molecule is CCC(=O)c1c(-c2ccc(F)cc2)oc2ccc(-c3cc(CCC4(c5noc(C)n5)CC4)c(C)cc3C)cc12. The van der Waals surface area contributed by atoms with Gasteiger partial charge in [-0.3, -0.25) is 4.79 Å². The minimum atomic E-state index is -0.328. The molecular formula is C33H31FN2O3. The highest BCUT2D eigenvalue weighted by molar-refractivity contribution is 6.12. The van der Waals surface area contributed by atoms with Crippen LogP contribution in [0.3, 0.4) is 0 Å². The van der Waals surface area contributed by atoms with Gasteiger partial charge in [0.05, 0.1) is 5.56 Å². The summed E-state index contributed by atoms with van der Waals surface area (Å²) in [6.45, 7) is 7.97. The Morgan fingerprint density at radius 3 is 2.38 bits per heavy atom. The number of aromatic nitrogens is 2. The van der Waals surface area contributed by atoms with Crippen LogP contribution < -0.4 is 0 Å². The molecule has 0 spiro atoms. The van der Waals surface area contributed by atoms with Crippen LogP contribution in [-0.2, 0) is 11.8 Å². The third-order valence-corrected chi connectivity index (χ3v) is 8.12. The quantitative estimate of drug-likeness (QED) is 0.191. The minimum absolute atomic E-state index is 0.00187. The third-order valence-electron chi connectivity index (χ3n) is 8.12. The van der Waals surface area contributed by atoms with Gasteiger partial charge in [-0.15, -0.1) is 0 Å². The number of carbonyl (C=O) groups excluding carboxylic acids is 1. The van der Waals surface area contributed by atoms with Gasteiger partial charge < -0.3 is 8.94 Å². The minimum Gasteiger partial charge on any atom is -0.455 e. The first-order valence-corrected chi connectivity index (χ1v) is 13.5. The van der Waals surface area contributed by atoms with Gasteiger partial charge in [-0.25, -0.2) is 4.39 Å². The Morgan fingerprint density at radius 1 is 0.974 bits per heavy atom. The first-order valence-electron chi connectivity index (χ1n) is 13.5. The topological polar surface area (TPSA) is 69.1 Å². The number of furan rings is 1. The first kappa shape index (κ1) is 25.2. The van der Waals surface area contributed by atoms with Gasteiger partial charge in [-0.2, -0.15) is 4.98 Å². The molecule has 1 aliphatic carbocycles. The smallest absolute Gasteiger partial charge is 0.223 e. The summed E-state index contributed by atoms with van der Waals surface area (Å²) in [6, 6.07) is 16.6. The Kier molecular flexibility index (Phi) is 6.21. The van der Waals surface area contributed by atoms with Crippen LogP contribution in [0, 0.1) is 26.6 Å². The van der Waals surface area contributed by atoms with E-state index in [1.807, 2.05) is 26.0 Å². The van der Waals surface area contributed by atoms with Gasteiger partial charge in [0.15, 0.2) is 11.6 Å². The van der Waals surface area contributed by atoms with Gasteiger partial charge in [0.2, 0.25) is 5.89 Å². The number of Topliss-reactive ketones (excluding diaryl/α,β-unsaturated/α-hetero) is 1. The molecule has 1 saturated carbocycles. The van der Waals surface area contributed by atoms with E-state index < -0.39 is 0 Å². The zero-order valence-corrected chi connectivity index (χ0v) is 22.7. The molecular weight excluding hydrogens is 491 g/mol. The monoisotopic (exact) mass is 522 g/mol. The molecule has 0 saturated heterocycles. The van der Waals surface area contributed by atoms with Crippen LogP contribution in [0.1, 0.15) is 71.4 Å². The highest BCUT2D eigenvalue weighted by Gasteiger charge is 2.47. The predicted molar refractivity (Wildman–Crippen MR) is 149 cm³/mol. The molecule has 5 aromatic rings. The average Bonchev–Trinajstić information content (AvgIpc) is 3.43. The highest BCUT2D eigenvalue weighted by Crippen LogP contribution is 2.50. The maximum Gasteiger partial charge on any atom is 0.223 e. The van der Waals surface area contributed by atoms with Crippen LogP contribution in [0.25, 0.3) is 33.4 Å². The lowest BCUT2D eigenvalue weighted by Crippen LogP contribution is -2.11. The number of fused-ring (bicyclic) bond motifs is 1. The number of halogens is 1. The standard InChI is InChI=1S/C33H31FN2O3/c1-5-28(37)30-27-18-24(8-11-29(27)38-31(30)22-6-9-25(34)10-7-22)26-17-23(19(2)16-20(26)3)12-13-33(14-15-33)32-35-21(4)39-36-32/h6-11,16-18H,5,12-15H2,1-4H3. The fraction of sp³-hybridized carbons (Fsp3) is 0.303. The Hall–Kier alpha value is -4.06. The third kappa shape index (κ3) is 4.58. The van der Waals surface area contributed by atoms with E-state index in [0.717, 1.165) is 48.0 Å². The summed E-state index contributed by atoms with van der Waals surface area (Å²) in [5.74, 6) is 1.61. The number of rotatable bonds is 8. The lowest BCUT2D eigenvalue weighted by molar-refractivity contribution is 0.0989. The molecule has 0 atom stereocenters. The Balaban J connectivity index is 1.38. The lowest BCUT2D eigenvalue weighted by Gasteiger charge is -2.15. The average molecular weight is 523 g/mol. The molecule has 3 aromatic carbocycles. The molecule has 0 radical (unpaired) electrons. The Bertz CT molecular complexity index is 1710. The van der Waals surface area contributed by atoms with Crippen LogP contribution in [0.15, 0.2) is 63.5 Å². The van der Waals surface area contributed by atoms with Crippen molar-refractivity contribution in [2.75, 3.05) is 0 Å². The van der Waals surface area contributed by atoms with Crippen molar-refractivity contribution in [1.82, 2.24) is 10.1 Å². The molecule has 1 aliphatic rings. The van der Waals surface area contributed by atoms with E-state index in [9.17, 15) is 9.18 Å². The first-order chi connectivity index (χ1) is 18.8. The summed E-state index contributed by atoms with van der Waals surface area (Å²) in [7, 11) is 0. The predicted octanol–water partition coefficient (Wildman–Crippen LogP) is 8.47. The molecule has 0 amide bonds. The van der Waals surface area contributed by atoms with Crippen molar-refractivity contribution in [3.63, 3.8) is 0 Å². The summed E-state index contributed by atoms with van der Waals surface area (Å²) in [5, 5.41) is 4.99. The van der Waals surface area contributed by atoms with Crippen LogP contribution in [0.4, 0.5) is 4.39 Å². The van der Waals surface area contributed by atoms with Crippen molar-refractivity contribution in [3.05, 3.63) is 94.4 Å². The van der Waals surface area contributed by atoms with Crippen molar-refractivity contribution in [2.45, 2.75) is 65.2 Å². The normalized spacial score (nSPS) is 14.2. The Morgan fingerprint density at radius 2 is 1.72 bits per heavy atom. The summed E-state index contributed by atoms with van der Waals surface area (Å²) in [5.41, 5.74) is 7.82. The zero-order chi connectivity index (χ0) is 27.3. The second-order valence-corrected chi connectivity index (χ2v) is 10.8. The number of hydrogen-bond donors (Lipinski definition) is 0. The molecule has 198 valence electrons. The number of nitrogens with zero attached hydrogens (tertiary/aromatic N) is 2. The maximum atomic E-state index is 13.6. The van der Waals surface area contributed by atoms with Crippen LogP contribution >= 0.6 is 0 Å². The van der Waals surface area contributed by atoms with Crippen LogP contribution in [0.5, 0.6) is 0 Å². The van der Waals surface area contributed by atoms with Gasteiger partial charge in [0, 0.05) is 29.7 Å². The zero-order valence-electron chi connectivity index (χ0n) is 22.7. The molecule has 5 nitrogen and oxygen atoms in total. The summed E-state index contributed by atoms with van der Waals surface area (Å²) in [4.78, 5) is 17.6.